The molecule has 174 valence electrons. The number of nitrogens with one attached hydrogen (secondary N) is 2. The van der Waals surface area contributed by atoms with Crippen molar-refractivity contribution in [2.45, 2.75) is 44.0 Å². The standard InChI is InChI=1S/C21H27FN4O4S2/c1-3-14(2)18(20(28)25-21-23-10-12-31-21)24-19(27)15-5-4-11-26(13-15)32(29,30)17-8-6-16(22)7-9-17/h6-10,12,14-15,18H,3-5,11,13H2,1-2H3,(H,24,27)(H,23,25,28)/t14?,15?,18-/m1/s1. The van der Waals surface area contributed by atoms with Gasteiger partial charge in [0.1, 0.15) is 11.9 Å². The van der Waals surface area contributed by atoms with Crippen LogP contribution in [0.1, 0.15) is 33.1 Å². The lowest BCUT2D eigenvalue weighted by Gasteiger charge is -2.32. The number of aromatic nitrogens is 1. The van der Waals surface area contributed by atoms with E-state index in [0.29, 0.717) is 24.4 Å². The molecule has 2 unspecified atom stereocenters. The minimum atomic E-state index is -3.84. The number of sulfonamides is 1. The van der Waals surface area contributed by atoms with Gasteiger partial charge in [-0.05, 0) is 43.0 Å². The molecule has 0 saturated carbocycles. The number of rotatable bonds is 8. The van der Waals surface area contributed by atoms with Crippen LogP contribution in [0.2, 0.25) is 0 Å². The number of hydrogen-bond acceptors (Lipinski definition) is 6. The van der Waals surface area contributed by atoms with Crippen molar-refractivity contribution < 1.29 is 22.4 Å². The van der Waals surface area contributed by atoms with Gasteiger partial charge < -0.3 is 10.6 Å². The number of piperidine rings is 1. The van der Waals surface area contributed by atoms with E-state index in [1.54, 1.807) is 11.6 Å². The Morgan fingerprint density at radius 1 is 1.31 bits per heavy atom. The van der Waals surface area contributed by atoms with Crippen LogP contribution in [-0.2, 0) is 19.6 Å². The van der Waals surface area contributed by atoms with Crippen LogP contribution in [-0.4, -0.2) is 48.7 Å². The smallest absolute Gasteiger partial charge is 0.249 e. The fraction of sp³-hybridized carbons (Fsp3) is 0.476. The van der Waals surface area contributed by atoms with Gasteiger partial charge in [0.15, 0.2) is 5.13 Å². The van der Waals surface area contributed by atoms with Gasteiger partial charge >= 0.3 is 0 Å². The number of halogens is 1. The summed E-state index contributed by atoms with van der Waals surface area (Å²) >= 11 is 1.28. The summed E-state index contributed by atoms with van der Waals surface area (Å²) in [6.07, 6.45) is 3.28. The highest BCUT2D eigenvalue weighted by molar-refractivity contribution is 7.89. The van der Waals surface area contributed by atoms with Gasteiger partial charge in [-0.2, -0.15) is 4.31 Å². The van der Waals surface area contributed by atoms with Crippen molar-refractivity contribution in [1.82, 2.24) is 14.6 Å². The first-order valence-electron chi connectivity index (χ1n) is 10.5. The predicted molar refractivity (Wildman–Crippen MR) is 120 cm³/mol. The van der Waals surface area contributed by atoms with E-state index in [-0.39, 0.29) is 35.7 Å². The molecule has 1 aromatic carbocycles. The number of anilines is 1. The largest absolute Gasteiger partial charge is 0.344 e. The van der Waals surface area contributed by atoms with Crippen molar-refractivity contribution in [3.8, 4) is 0 Å². The number of nitrogens with zero attached hydrogens (tertiary/aromatic N) is 2. The van der Waals surface area contributed by atoms with E-state index in [4.69, 9.17) is 0 Å². The van der Waals surface area contributed by atoms with E-state index in [1.165, 1.54) is 27.8 Å². The van der Waals surface area contributed by atoms with E-state index < -0.39 is 27.8 Å². The first kappa shape index (κ1) is 24.3. The molecule has 3 rings (SSSR count). The third-order valence-corrected chi connectivity index (χ3v) is 8.23. The van der Waals surface area contributed by atoms with Crippen LogP contribution in [0, 0.1) is 17.7 Å². The molecular weight excluding hydrogens is 455 g/mol. The highest BCUT2D eigenvalue weighted by Crippen LogP contribution is 2.25. The van der Waals surface area contributed by atoms with E-state index in [9.17, 15) is 22.4 Å². The zero-order valence-corrected chi connectivity index (χ0v) is 19.6. The third-order valence-electron chi connectivity index (χ3n) is 5.66. The average Bonchev–Trinajstić information content (AvgIpc) is 3.30. The maximum atomic E-state index is 13.2. The summed E-state index contributed by atoms with van der Waals surface area (Å²) in [5.41, 5.74) is 0. The normalized spacial score (nSPS) is 19.2. The summed E-state index contributed by atoms with van der Waals surface area (Å²) in [6, 6.07) is 3.87. The molecule has 2 N–H and O–H groups in total. The Morgan fingerprint density at radius 2 is 2.03 bits per heavy atom. The Morgan fingerprint density at radius 3 is 2.66 bits per heavy atom. The van der Waals surface area contributed by atoms with Crippen LogP contribution in [0.15, 0.2) is 40.7 Å². The zero-order chi connectivity index (χ0) is 23.3. The Kier molecular flexibility index (Phi) is 7.96. The van der Waals surface area contributed by atoms with Gasteiger partial charge in [0.25, 0.3) is 0 Å². The predicted octanol–water partition coefficient (Wildman–Crippen LogP) is 2.85. The maximum Gasteiger partial charge on any atom is 0.249 e. The summed E-state index contributed by atoms with van der Waals surface area (Å²) in [5.74, 6) is -1.94. The molecule has 1 aliphatic heterocycles. The Hall–Kier alpha value is -2.37. The van der Waals surface area contributed by atoms with Crippen molar-refractivity contribution in [1.29, 1.82) is 0 Å². The molecule has 3 atom stereocenters. The summed E-state index contributed by atoms with van der Waals surface area (Å²) < 4.78 is 40.3. The third kappa shape index (κ3) is 5.70. The van der Waals surface area contributed by atoms with Gasteiger partial charge in [-0.25, -0.2) is 17.8 Å². The molecule has 1 aliphatic rings. The van der Waals surface area contributed by atoms with E-state index in [1.807, 2.05) is 13.8 Å². The molecule has 1 aromatic heterocycles. The Labute approximate surface area is 191 Å². The van der Waals surface area contributed by atoms with Crippen LogP contribution in [0.25, 0.3) is 0 Å². The van der Waals surface area contributed by atoms with Crippen LogP contribution in [0.5, 0.6) is 0 Å². The highest BCUT2D eigenvalue weighted by Gasteiger charge is 2.35. The zero-order valence-electron chi connectivity index (χ0n) is 18.0. The van der Waals surface area contributed by atoms with E-state index in [0.717, 1.165) is 12.1 Å². The van der Waals surface area contributed by atoms with E-state index in [2.05, 4.69) is 15.6 Å². The molecule has 0 bridgehead atoms. The van der Waals surface area contributed by atoms with Gasteiger partial charge in [0, 0.05) is 24.7 Å². The second kappa shape index (κ2) is 10.5. The summed E-state index contributed by atoms with van der Waals surface area (Å²) in [6.45, 7) is 4.09. The molecule has 2 amide bonds. The topological polar surface area (TPSA) is 108 Å². The molecule has 1 fully saturated rings. The number of benzene rings is 1. The van der Waals surface area contributed by atoms with Crippen molar-refractivity contribution in [2.75, 3.05) is 18.4 Å². The molecule has 2 aromatic rings. The summed E-state index contributed by atoms with van der Waals surface area (Å²) in [5, 5.41) is 7.74. The minimum absolute atomic E-state index is 0.00681. The molecular formula is C21H27FN4O4S2. The van der Waals surface area contributed by atoms with E-state index >= 15 is 0 Å². The molecule has 2 heterocycles. The van der Waals surface area contributed by atoms with Crippen molar-refractivity contribution in [3.05, 3.63) is 41.7 Å². The summed E-state index contributed by atoms with van der Waals surface area (Å²) in [4.78, 5) is 29.8. The lowest BCUT2D eigenvalue weighted by atomic mass is 9.95. The second-order valence-electron chi connectivity index (χ2n) is 7.85. The first-order chi connectivity index (χ1) is 15.2. The Bertz CT molecular complexity index is 1030. The van der Waals surface area contributed by atoms with Gasteiger partial charge in [0.05, 0.1) is 10.8 Å². The van der Waals surface area contributed by atoms with Crippen LogP contribution in [0.4, 0.5) is 9.52 Å². The molecule has 0 radical (unpaired) electrons. The monoisotopic (exact) mass is 482 g/mol. The summed E-state index contributed by atoms with van der Waals surface area (Å²) in [7, 11) is -3.84. The minimum Gasteiger partial charge on any atom is -0.344 e. The second-order valence-corrected chi connectivity index (χ2v) is 10.7. The lowest BCUT2D eigenvalue weighted by Crippen LogP contribution is -2.52. The van der Waals surface area contributed by atoms with Gasteiger partial charge in [-0.3, -0.25) is 9.59 Å². The molecule has 1 saturated heterocycles. The average molecular weight is 483 g/mol. The van der Waals surface area contributed by atoms with Crippen LogP contribution >= 0.6 is 11.3 Å². The number of carbonyl (C=O) groups excluding carboxylic acids is 2. The lowest BCUT2D eigenvalue weighted by molar-refractivity contribution is -0.131. The van der Waals surface area contributed by atoms with Gasteiger partial charge in [0.2, 0.25) is 21.8 Å². The number of hydrogen-bond donors (Lipinski definition) is 2. The molecule has 0 aliphatic carbocycles. The Balaban J connectivity index is 1.69. The van der Waals surface area contributed by atoms with Crippen molar-refractivity contribution in [2.24, 2.45) is 11.8 Å². The van der Waals surface area contributed by atoms with Crippen LogP contribution in [0.3, 0.4) is 0 Å². The first-order valence-corrected chi connectivity index (χ1v) is 12.8. The fourth-order valence-electron chi connectivity index (χ4n) is 3.57. The highest BCUT2D eigenvalue weighted by atomic mass is 32.2. The molecule has 0 spiro atoms. The van der Waals surface area contributed by atoms with Crippen LogP contribution < -0.4 is 10.6 Å². The molecule has 11 heteroatoms. The quantitative estimate of drug-likeness (QED) is 0.602. The molecule has 32 heavy (non-hydrogen) atoms. The van der Waals surface area contributed by atoms with Gasteiger partial charge in [-0.15, -0.1) is 11.3 Å². The van der Waals surface area contributed by atoms with Crippen molar-refractivity contribution in [3.63, 3.8) is 0 Å². The number of amides is 2. The van der Waals surface area contributed by atoms with Gasteiger partial charge in [-0.1, -0.05) is 20.3 Å². The SMILES string of the molecule is CCC(C)[C@@H](NC(=O)C1CCCN(S(=O)(=O)c2ccc(F)cc2)C1)C(=O)Nc1nccs1. The fourth-order valence-corrected chi connectivity index (χ4v) is 5.63. The molecule has 8 nitrogen and oxygen atoms in total. The number of carbonyl (C=O) groups is 2. The number of thiazole rings is 1. The van der Waals surface area contributed by atoms with Crippen molar-refractivity contribution >= 4 is 38.3 Å². The maximum absolute atomic E-state index is 13.2.